The molecule has 0 N–H and O–H groups in total. The minimum Gasteiger partial charge on any atom is -0.459 e. The highest BCUT2D eigenvalue weighted by Crippen LogP contribution is 2.19. The Hall–Kier alpha value is -1.29. The van der Waals surface area contributed by atoms with E-state index in [2.05, 4.69) is 0 Å². The predicted octanol–water partition coefficient (Wildman–Crippen LogP) is 3.87. The van der Waals surface area contributed by atoms with Crippen molar-refractivity contribution in [2.24, 2.45) is 0 Å². The molecule has 4 heteroatoms. The van der Waals surface area contributed by atoms with Crippen molar-refractivity contribution in [3.63, 3.8) is 0 Å². The Morgan fingerprint density at radius 3 is 2.05 bits per heavy atom. The van der Waals surface area contributed by atoms with Gasteiger partial charge in [0.2, 0.25) is 0 Å². The first kappa shape index (κ1) is 17.8. The van der Waals surface area contributed by atoms with Crippen LogP contribution in [-0.2, 0) is 9.53 Å². The number of hydrogen-bond acceptors (Lipinski definition) is 4. The Bertz CT molecular complexity index is 518. The van der Waals surface area contributed by atoms with Gasteiger partial charge in [-0.15, -0.1) is 11.8 Å². The zero-order valence-electron chi connectivity index (χ0n) is 13.7. The molecule has 21 heavy (non-hydrogen) atoms. The van der Waals surface area contributed by atoms with Crippen LogP contribution < -0.4 is 0 Å². The molecule has 0 aliphatic heterocycles. The molecular formula is C17H24O3S. The smallest absolute Gasteiger partial charge is 0.316 e. The summed E-state index contributed by atoms with van der Waals surface area (Å²) in [7, 11) is 0. The zero-order chi connectivity index (χ0) is 16.2. The molecule has 0 aromatic heterocycles. The van der Waals surface area contributed by atoms with Crippen LogP contribution in [0.5, 0.6) is 0 Å². The summed E-state index contributed by atoms with van der Waals surface area (Å²) in [4.78, 5) is 23.9. The summed E-state index contributed by atoms with van der Waals surface area (Å²) in [6.45, 7) is 11.4. The van der Waals surface area contributed by atoms with Gasteiger partial charge in [-0.1, -0.05) is 17.7 Å². The monoisotopic (exact) mass is 308 g/mol. The van der Waals surface area contributed by atoms with Gasteiger partial charge >= 0.3 is 5.97 Å². The van der Waals surface area contributed by atoms with Gasteiger partial charge in [-0.25, -0.2) is 0 Å². The molecule has 0 amide bonds. The molecule has 0 radical (unpaired) electrons. The summed E-state index contributed by atoms with van der Waals surface area (Å²) in [5, 5.41) is 0. The van der Waals surface area contributed by atoms with Crippen molar-refractivity contribution in [1.29, 1.82) is 0 Å². The number of thioether (sulfide) groups is 1. The molecule has 1 rings (SSSR count). The molecule has 116 valence electrons. The number of carbonyl (C=O) groups is 2. The fraction of sp³-hybridized carbons (Fsp3) is 0.529. The van der Waals surface area contributed by atoms with Crippen LogP contribution in [0, 0.1) is 20.8 Å². The highest BCUT2D eigenvalue weighted by atomic mass is 32.2. The fourth-order valence-corrected chi connectivity index (χ4v) is 2.95. The van der Waals surface area contributed by atoms with E-state index in [1.165, 1.54) is 11.8 Å². The molecule has 0 fully saturated rings. The van der Waals surface area contributed by atoms with E-state index in [0.717, 1.165) is 22.3 Å². The van der Waals surface area contributed by atoms with Crippen molar-refractivity contribution in [2.75, 3.05) is 11.5 Å². The summed E-state index contributed by atoms with van der Waals surface area (Å²) >= 11 is 1.30. The topological polar surface area (TPSA) is 43.4 Å². The number of hydrogen-bond donors (Lipinski definition) is 0. The number of carbonyl (C=O) groups excluding carboxylic acids is 2. The Balaban J connectivity index is 2.58. The summed E-state index contributed by atoms with van der Waals surface area (Å²) in [6.07, 6.45) is 0. The summed E-state index contributed by atoms with van der Waals surface area (Å²) < 4.78 is 5.22. The maximum atomic E-state index is 12.3. The van der Waals surface area contributed by atoms with Gasteiger partial charge in [0.15, 0.2) is 5.78 Å². The molecule has 0 atom stereocenters. The molecule has 0 heterocycles. The number of ether oxygens (including phenoxy) is 1. The van der Waals surface area contributed by atoms with Gasteiger partial charge in [-0.3, -0.25) is 9.59 Å². The lowest BCUT2D eigenvalue weighted by molar-refractivity contribution is -0.151. The van der Waals surface area contributed by atoms with Crippen molar-refractivity contribution in [3.8, 4) is 0 Å². The molecule has 0 bridgehead atoms. The van der Waals surface area contributed by atoms with Gasteiger partial charge in [0.1, 0.15) is 5.60 Å². The van der Waals surface area contributed by atoms with Gasteiger partial charge in [-0.2, -0.15) is 0 Å². The first-order valence-electron chi connectivity index (χ1n) is 7.01. The predicted molar refractivity (Wildman–Crippen MR) is 88.2 cm³/mol. The maximum absolute atomic E-state index is 12.3. The van der Waals surface area contributed by atoms with E-state index in [9.17, 15) is 9.59 Å². The van der Waals surface area contributed by atoms with Crippen LogP contribution in [0.3, 0.4) is 0 Å². The molecule has 3 nitrogen and oxygen atoms in total. The Morgan fingerprint density at radius 2 is 1.57 bits per heavy atom. The van der Waals surface area contributed by atoms with E-state index in [0.29, 0.717) is 5.75 Å². The minimum absolute atomic E-state index is 0.0681. The highest BCUT2D eigenvalue weighted by molar-refractivity contribution is 8.00. The highest BCUT2D eigenvalue weighted by Gasteiger charge is 2.17. The second-order valence-electron chi connectivity index (χ2n) is 6.28. The number of aryl methyl sites for hydroxylation is 3. The quantitative estimate of drug-likeness (QED) is 0.612. The lowest BCUT2D eigenvalue weighted by atomic mass is 9.97. The van der Waals surface area contributed by atoms with Crippen molar-refractivity contribution >= 4 is 23.5 Å². The third-order valence-electron chi connectivity index (χ3n) is 2.83. The Labute approximate surface area is 131 Å². The lowest BCUT2D eigenvalue weighted by Crippen LogP contribution is -2.25. The maximum Gasteiger partial charge on any atom is 0.316 e. The van der Waals surface area contributed by atoms with Gasteiger partial charge in [0.25, 0.3) is 0 Å². The molecule has 1 aromatic carbocycles. The number of benzene rings is 1. The number of rotatable bonds is 5. The Morgan fingerprint density at radius 1 is 1.05 bits per heavy atom. The lowest BCUT2D eigenvalue weighted by Gasteiger charge is -2.19. The van der Waals surface area contributed by atoms with Gasteiger partial charge < -0.3 is 4.74 Å². The van der Waals surface area contributed by atoms with E-state index >= 15 is 0 Å². The number of ketones is 1. The van der Waals surface area contributed by atoms with Gasteiger partial charge in [0.05, 0.1) is 11.5 Å². The van der Waals surface area contributed by atoms with Crippen molar-refractivity contribution in [3.05, 3.63) is 34.4 Å². The Kier molecular flexibility index (Phi) is 6.02. The normalized spacial score (nSPS) is 11.3. The van der Waals surface area contributed by atoms with Crippen LogP contribution in [0.4, 0.5) is 0 Å². The van der Waals surface area contributed by atoms with Crippen LogP contribution in [-0.4, -0.2) is 28.9 Å². The third kappa shape index (κ3) is 5.92. The van der Waals surface area contributed by atoms with Gasteiger partial charge in [-0.05, 0) is 52.7 Å². The molecule has 0 spiro atoms. The third-order valence-corrected chi connectivity index (χ3v) is 3.74. The average molecular weight is 308 g/mol. The standard InChI is InChI=1S/C17H24O3S/c1-11-7-12(2)16(13(3)8-11)14(18)9-21-10-15(19)20-17(4,5)6/h7-8H,9-10H2,1-6H3. The van der Waals surface area contributed by atoms with Crippen LogP contribution in [0.1, 0.15) is 47.8 Å². The molecule has 1 aromatic rings. The number of esters is 1. The van der Waals surface area contributed by atoms with Crippen LogP contribution in [0.15, 0.2) is 12.1 Å². The largest absolute Gasteiger partial charge is 0.459 e. The van der Waals surface area contributed by atoms with Crippen molar-refractivity contribution in [1.82, 2.24) is 0 Å². The van der Waals surface area contributed by atoms with Crippen molar-refractivity contribution in [2.45, 2.75) is 47.1 Å². The van der Waals surface area contributed by atoms with E-state index in [4.69, 9.17) is 4.74 Å². The van der Waals surface area contributed by atoms with Gasteiger partial charge in [0, 0.05) is 5.56 Å². The zero-order valence-corrected chi connectivity index (χ0v) is 14.5. The SMILES string of the molecule is Cc1cc(C)c(C(=O)CSCC(=O)OC(C)(C)C)c(C)c1. The molecular weight excluding hydrogens is 284 g/mol. The van der Waals surface area contributed by atoms with E-state index < -0.39 is 5.60 Å². The van der Waals surface area contributed by atoms with E-state index in [1.54, 1.807) is 0 Å². The van der Waals surface area contributed by atoms with Crippen LogP contribution in [0.2, 0.25) is 0 Å². The van der Waals surface area contributed by atoms with Crippen molar-refractivity contribution < 1.29 is 14.3 Å². The molecule has 0 aliphatic carbocycles. The average Bonchev–Trinajstić information content (AvgIpc) is 2.24. The number of Topliss-reactive ketones (excluding diaryl/α,β-unsaturated/α-hetero) is 1. The fourth-order valence-electron chi connectivity index (χ4n) is 2.29. The summed E-state index contributed by atoms with van der Waals surface area (Å²) in [5.41, 5.74) is 3.44. The second-order valence-corrected chi connectivity index (χ2v) is 7.26. The first-order chi connectivity index (χ1) is 9.60. The van der Waals surface area contributed by atoms with E-state index in [1.807, 2.05) is 53.7 Å². The van der Waals surface area contributed by atoms with Crippen LogP contribution >= 0.6 is 11.8 Å². The molecule has 0 saturated carbocycles. The first-order valence-corrected chi connectivity index (χ1v) is 8.16. The minimum atomic E-state index is -0.480. The second kappa shape index (κ2) is 7.12. The van der Waals surface area contributed by atoms with Crippen LogP contribution in [0.25, 0.3) is 0 Å². The van der Waals surface area contributed by atoms with E-state index in [-0.39, 0.29) is 17.5 Å². The molecule has 0 aliphatic rings. The summed E-state index contributed by atoms with van der Waals surface area (Å²) in [6, 6.07) is 4.03. The molecule has 0 unspecified atom stereocenters. The summed E-state index contributed by atoms with van der Waals surface area (Å²) in [5.74, 6) is 0.285. The molecule has 0 saturated heterocycles.